The van der Waals surface area contributed by atoms with E-state index in [1.165, 1.54) is 27.7 Å². The maximum atomic E-state index is 12.8. The predicted molar refractivity (Wildman–Crippen MR) is 119 cm³/mol. The Morgan fingerprint density at radius 2 is 1.44 bits per heavy atom. The maximum Gasteiger partial charge on any atom is 0.328 e. The SMILES string of the molecule is CC[C@](C)(N)C(=O)NCC(=O)N[C@@H](CC(C)C)C(=O)NC(C)(C)C(=O)NC(C)(C)C(=O)O. The molecule has 0 fully saturated rings. The van der Waals surface area contributed by atoms with Gasteiger partial charge in [0.05, 0.1) is 12.1 Å². The van der Waals surface area contributed by atoms with Gasteiger partial charge in [-0.1, -0.05) is 20.8 Å². The smallest absolute Gasteiger partial charge is 0.328 e. The van der Waals surface area contributed by atoms with E-state index in [0.29, 0.717) is 6.42 Å². The molecular formula is C21H39N5O6. The molecule has 0 bridgehead atoms. The van der Waals surface area contributed by atoms with Crippen LogP contribution in [-0.4, -0.2) is 63.9 Å². The van der Waals surface area contributed by atoms with E-state index in [1.807, 2.05) is 13.8 Å². The van der Waals surface area contributed by atoms with Crippen LogP contribution in [0.2, 0.25) is 0 Å². The van der Waals surface area contributed by atoms with Crippen molar-refractivity contribution in [2.75, 3.05) is 6.54 Å². The van der Waals surface area contributed by atoms with E-state index in [-0.39, 0.29) is 18.9 Å². The van der Waals surface area contributed by atoms with Crippen molar-refractivity contribution in [3.8, 4) is 0 Å². The fraction of sp³-hybridized carbons (Fsp3) is 0.762. The highest BCUT2D eigenvalue weighted by Gasteiger charge is 2.38. The zero-order chi connectivity index (χ0) is 25.5. The molecule has 0 heterocycles. The van der Waals surface area contributed by atoms with Crippen LogP contribution in [0.1, 0.15) is 68.2 Å². The Morgan fingerprint density at radius 3 is 1.88 bits per heavy atom. The van der Waals surface area contributed by atoms with Crippen LogP contribution in [0.3, 0.4) is 0 Å². The Labute approximate surface area is 189 Å². The van der Waals surface area contributed by atoms with Crippen LogP contribution in [0.5, 0.6) is 0 Å². The number of carbonyl (C=O) groups excluding carboxylic acids is 4. The molecule has 0 saturated heterocycles. The van der Waals surface area contributed by atoms with E-state index in [4.69, 9.17) is 5.73 Å². The van der Waals surface area contributed by atoms with Crippen molar-refractivity contribution in [1.82, 2.24) is 21.3 Å². The molecule has 11 nitrogen and oxygen atoms in total. The summed E-state index contributed by atoms with van der Waals surface area (Å²) in [5.41, 5.74) is 1.75. The number of amides is 4. The number of carboxylic acids is 1. The van der Waals surface area contributed by atoms with Gasteiger partial charge in [0.1, 0.15) is 17.1 Å². The van der Waals surface area contributed by atoms with Crippen LogP contribution in [-0.2, 0) is 24.0 Å². The van der Waals surface area contributed by atoms with Gasteiger partial charge in [-0.3, -0.25) is 19.2 Å². The van der Waals surface area contributed by atoms with E-state index >= 15 is 0 Å². The standard InChI is InChI=1S/C21H39N5O6/c1-9-21(8,22)17(30)23-11-14(27)24-13(10-12(2)3)15(28)25-19(4,5)16(29)26-20(6,7)18(31)32/h12-13H,9-11,22H2,1-8H3,(H,23,30)(H,24,27)(H,25,28)(H,26,29)(H,31,32)/t13-,21-/m0/s1. The summed E-state index contributed by atoms with van der Waals surface area (Å²) in [7, 11) is 0. The summed E-state index contributed by atoms with van der Waals surface area (Å²) in [6.45, 7) is 12.2. The summed E-state index contributed by atoms with van der Waals surface area (Å²) >= 11 is 0. The molecule has 32 heavy (non-hydrogen) atoms. The number of aliphatic carboxylic acids is 1. The first kappa shape index (κ1) is 29.3. The Hall–Kier alpha value is -2.69. The summed E-state index contributed by atoms with van der Waals surface area (Å²) in [4.78, 5) is 61.0. The molecule has 11 heteroatoms. The van der Waals surface area contributed by atoms with Crippen molar-refractivity contribution in [2.24, 2.45) is 11.7 Å². The predicted octanol–water partition coefficient (Wildman–Crippen LogP) is -0.365. The van der Waals surface area contributed by atoms with Gasteiger partial charge in [0.2, 0.25) is 23.6 Å². The molecule has 4 amide bonds. The molecule has 0 saturated carbocycles. The minimum absolute atomic E-state index is 0.0379. The fourth-order valence-corrected chi connectivity index (χ4v) is 2.42. The van der Waals surface area contributed by atoms with Crippen LogP contribution in [0.25, 0.3) is 0 Å². The van der Waals surface area contributed by atoms with Crippen molar-refractivity contribution in [3.05, 3.63) is 0 Å². The highest BCUT2D eigenvalue weighted by molar-refractivity contribution is 5.96. The average Bonchev–Trinajstić information content (AvgIpc) is 2.64. The van der Waals surface area contributed by atoms with E-state index < -0.39 is 52.3 Å². The highest BCUT2D eigenvalue weighted by atomic mass is 16.4. The molecule has 0 aromatic rings. The molecule has 0 unspecified atom stereocenters. The molecule has 2 atom stereocenters. The Bertz CT molecular complexity index is 730. The molecule has 0 aliphatic carbocycles. The first-order chi connectivity index (χ1) is 14.4. The normalized spacial score (nSPS) is 14.7. The van der Waals surface area contributed by atoms with Gasteiger partial charge in [-0.05, 0) is 53.4 Å². The van der Waals surface area contributed by atoms with Gasteiger partial charge < -0.3 is 32.1 Å². The van der Waals surface area contributed by atoms with Crippen molar-refractivity contribution in [2.45, 2.75) is 90.9 Å². The van der Waals surface area contributed by atoms with Crippen molar-refractivity contribution >= 4 is 29.6 Å². The first-order valence-electron chi connectivity index (χ1n) is 10.6. The van der Waals surface area contributed by atoms with Crippen molar-refractivity contribution in [1.29, 1.82) is 0 Å². The van der Waals surface area contributed by atoms with Crippen LogP contribution in [0.15, 0.2) is 0 Å². The van der Waals surface area contributed by atoms with E-state index in [1.54, 1.807) is 13.8 Å². The molecule has 0 aliphatic rings. The lowest BCUT2D eigenvalue weighted by Gasteiger charge is -2.32. The lowest BCUT2D eigenvalue weighted by Crippen LogP contribution is -2.63. The second-order valence-electron chi connectivity index (χ2n) is 9.70. The number of nitrogens with two attached hydrogens (primary N) is 1. The third kappa shape index (κ3) is 9.21. The van der Waals surface area contributed by atoms with Gasteiger partial charge in [-0.25, -0.2) is 4.79 Å². The molecule has 0 aromatic carbocycles. The number of hydrogen-bond acceptors (Lipinski definition) is 6. The maximum absolute atomic E-state index is 12.8. The van der Waals surface area contributed by atoms with E-state index in [9.17, 15) is 29.1 Å². The highest BCUT2D eigenvalue weighted by Crippen LogP contribution is 2.11. The molecule has 0 spiro atoms. The Kier molecular flexibility index (Phi) is 10.3. The Balaban J connectivity index is 5.21. The minimum Gasteiger partial charge on any atom is -0.480 e. The quantitative estimate of drug-likeness (QED) is 0.231. The van der Waals surface area contributed by atoms with Gasteiger partial charge in [-0.2, -0.15) is 0 Å². The topological polar surface area (TPSA) is 180 Å². The number of carbonyl (C=O) groups is 5. The van der Waals surface area contributed by atoms with Crippen LogP contribution >= 0.6 is 0 Å². The van der Waals surface area contributed by atoms with Gasteiger partial charge in [0.25, 0.3) is 0 Å². The summed E-state index contributed by atoms with van der Waals surface area (Å²) in [6, 6.07) is -0.964. The molecule has 0 rings (SSSR count). The average molecular weight is 458 g/mol. The van der Waals surface area contributed by atoms with Crippen molar-refractivity contribution in [3.63, 3.8) is 0 Å². The zero-order valence-electron chi connectivity index (χ0n) is 20.3. The molecule has 0 aromatic heterocycles. The van der Waals surface area contributed by atoms with Crippen LogP contribution < -0.4 is 27.0 Å². The van der Waals surface area contributed by atoms with Gasteiger partial charge >= 0.3 is 5.97 Å². The largest absolute Gasteiger partial charge is 0.480 e. The molecule has 0 aliphatic heterocycles. The number of carboxylic acid groups (broad SMARTS) is 1. The lowest BCUT2D eigenvalue weighted by molar-refractivity contribution is -0.147. The molecule has 184 valence electrons. The zero-order valence-corrected chi connectivity index (χ0v) is 20.3. The monoisotopic (exact) mass is 457 g/mol. The molecular weight excluding hydrogens is 418 g/mol. The van der Waals surface area contributed by atoms with Gasteiger partial charge in [0, 0.05) is 0 Å². The van der Waals surface area contributed by atoms with Gasteiger partial charge in [0.15, 0.2) is 0 Å². The number of rotatable bonds is 12. The van der Waals surface area contributed by atoms with Gasteiger partial charge in [-0.15, -0.1) is 0 Å². The minimum atomic E-state index is -1.53. The van der Waals surface area contributed by atoms with Crippen LogP contribution in [0.4, 0.5) is 0 Å². The van der Waals surface area contributed by atoms with E-state index in [0.717, 1.165) is 0 Å². The summed E-state index contributed by atoms with van der Waals surface area (Å²) in [6.07, 6.45) is 0.669. The fourth-order valence-electron chi connectivity index (χ4n) is 2.42. The third-order valence-electron chi connectivity index (χ3n) is 4.99. The Morgan fingerprint density at radius 1 is 0.906 bits per heavy atom. The first-order valence-corrected chi connectivity index (χ1v) is 10.6. The van der Waals surface area contributed by atoms with Crippen molar-refractivity contribution < 1.29 is 29.1 Å². The van der Waals surface area contributed by atoms with Crippen LogP contribution in [0, 0.1) is 5.92 Å². The molecule has 0 radical (unpaired) electrons. The third-order valence-corrected chi connectivity index (χ3v) is 4.99. The second-order valence-corrected chi connectivity index (χ2v) is 9.70. The van der Waals surface area contributed by atoms with E-state index in [2.05, 4.69) is 21.3 Å². The summed E-state index contributed by atoms with van der Waals surface area (Å²) < 4.78 is 0. The number of nitrogens with one attached hydrogen (secondary N) is 4. The molecule has 7 N–H and O–H groups in total. The number of hydrogen-bond donors (Lipinski definition) is 6. The lowest BCUT2D eigenvalue weighted by atomic mass is 9.97. The second kappa shape index (κ2) is 11.3. The summed E-state index contributed by atoms with van der Waals surface area (Å²) in [5, 5.41) is 19.1. The summed E-state index contributed by atoms with van der Waals surface area (Å²) in [5.74, 6) is -3.56.